The molecule has 0 amide bonds. The third kappa shape index (κ3) is 4.47. The van der Waals surface area contributed by atoms with Crippen molar-refractivity contribution in [2.75, 3.05) is 20.8 Å². The highest BCUT2D eigenvalue weighted by molar-refractivity contribution is 7.80. The van der Waals surface area contributed by atoms with Crippen LogP contribution in [0, 0.1) is 11.3 Å². The Bertz CT molecular complexity index is 620. The largest absolute Gasteiger partial charge is 0.493 e. The van der Waals surface area contributed by atoms with Crippen LogP contribution in [-0.4, -0.2) is 31.8 Å². The van der Waals surface area contributed by atoms with Gasteiger partial charge in [0.15, 0.2) is 18.1 Å². The average molecular weight is 306 g/mol. The summed E-state index contributed by atoms with van der Waals surface area (Å²) in [6, 6.07) is 6.96. The van der Waals surface area contributed by atoms with Gasteiger partial charge in [0, 0.05) is 5.56 Å². The van der Waals surface area contributed by atoms with Gasteiger partial charge < -0.3 is 19.9 Å². The summed E-state index contributed by atoms with van der Waals surface area (Å²) in [5, 5.41) is 9.00. The normalized spacial score (nSPS) is 10.4. The minimum Gasteiger partial charge on any atom is -0.493 e. The number of carbonyl (C=O) groups is 1. The molecular weight excluding hydrogens is 292 g/mol. The average Bonchev–Trinajstić information content (AvgIpc) is 2.49. The highest BCUT2D eigenvalue weighted by atomic mass is 32.1. The van der Waals surface area contributed by atoms with E-state index in [2.05, 4.69) is 4.74 Å². The van der Waals surface area contributed by atoms with Crippen molar-refractivity contribution in [3.63, 3.8) is 0 Å². The lowest BCUT2D eigenvalue weighted by Crippen LogP contribution is -2.14. The molecule has 1 aromatic carbocycles. The fraction of sp³-hybridized carbons (Fsp3) is 0.214. The Labute approximate surface area is 127 Å². The molecule has 0 heterocycles. The maximum Gasteiger partial charge on any atom is 0.343 e. The molecule has 0 fully saturated rings. The molecule has 2 N–H and O–H groups in total. The van der Waals surface area contributed by atoms with Crippen LogP contribution in [0.2, 0.25) is 0 Å². The number of hydrogen-bond donors (Lipinski definition) is 1. The second kappa shape index (κ2) is 7.87. The molecule has 0 atom stereocenters. The third-order valence-corrected chi connectivity index (χ3v) is 2.70. The minimum atomic E-state index is -0.536. The molecule has 0 unspecified atom stereocenters. The van der Waals surface area contributed by atoms with Crippen molar-refractivity contribution in [2.45, 2.75) is 0 Å². The van der Waals surface area contributed by atoms with Crippen molar-refractivity contribution in [1.82, 2.24) is 0 Å². The molecule has 0 spiro atoms. The summed E-state index contributed by atoms with van der Waals surface area (Å²) in [4.78, 5) is 11.2. The third-order valence-electron chi connectivity index (χ3n) is 2.48. The summed E-state index contributed by atoms with van der Waals surface area (Å²) in [6.07, 6.45) is 1.47. The lowest BCUT2D eigenvalue weighted by atomic mass is 10.1. The first-order valence-corrected chi connectivity index (χ1v) is 6.22. The smallest absolute Gasteiger partial charge is 0.343 e. The highest BCUT2D eigenvalue weighted by Crippen LogP contribution is 2.32. The first-order valence-electron chi connectivity index (χ1n) is 5.81. The van der Waals surface area contributed by atoms with E-state index < -0.39 is 5.97 Å². The van der Waals surface area contributed by atoms with E-state index in [1.807, 2.05) is 6.07 Å². The zero-order valence-corrected chi connectivity index (χ0v) is 12.4. The Hall–Kier alpha value is -2.59. The molecule has 1 aromatic rings. The first kappa shape index (κ1) is 16.5. The lowest BCUT2D eigenvalue weighted by molar-refractivity contribution is -0.142. The minimum absolute atomic E-state index is 0.0285. The SMILES string of the molecule is COC(=O)COc1c(/C=C(\C#N)C(N)=S)cccc1OC. The van der Waals surface area contributed by atoms with Gasteiger partial charge in [-0.25, -0.2) is 4.79 Å². The van der Waals surface area contributed by atoms with Crippen LogP contribution >= 0.6 is 12.2 Å². The molecule has 1 rings (SSSR count). The van der Waals surface area contributed by atoms with Crippen molar-refractivity contribution in [1.29, 1.82) is 5.26 Å². The zero-order chi connectivity index (χ0) is 15.8. The van der Waals surface area contributed by atoms with Gasteiger partial charge in [0.1, 0.15) is 11.1 Å². The van der Waals surface area contributed by atoms with E-state index >= 15 is 0 Å². The topological polar surface area (TPSA) is 94.6 Å². The number of nitrogens with zero attached hydrogens (tertiary/aromatic N) is 1. The maximum absolute atomic E-state index is 11.2. The summed E-state index contributed by atoms with van der Waals surface area (Å²) in [7, 11) is 2.72. The Morgan fingerprint density at radius 3 is 2.71 bits per heavy atom. The molecule has 21 heavy (non-hydrogen) atoms. The number of carbonyl (C=O) groups excluding carboxylic acids is 1. The second-order valence-electron chi connectivity index (χ2n) is 3.78. The molecule has 0 aliphatic carbocycles. The predicted molar refractivity (Wildman–Crippen MR) is 80.9 cm³/mol. The van der Waals surface area contributed by atoms with E-state index in [0.717, 1.165) is 0 Å². The summed E-state index contributed by atoms with van der Waals surface area (Å²) < 4.78 is 15.1. The number of methoxy groups -OCH3 is 2. The molecule has 110 valence electrons. The van der Waals surface area contributed by atoms with E-state index in [4.69, 9.17) is 32.7 Å². The number of rotatable bonds is 6. The lowest BCUT2D eigenvalue weighted by Gasteiger charge is -2.12. The van der Waals surface area contributed by atoms with E-state index in [1.165, 1.54) is 20.3 Å². The van der Waals surface area contributed by atoms with Crippen LogP contribution in [0.4, 0.5) is 0 Å². The van der Waals surface area contributed by atoms with Gasteiger partial charge in [0.05, 0.1) is 19.8 Å². The predicted octanol–water partition coefficient (Wildman–Crippen LogP) is 1.44. The second-order valence-corrected chi connectivity index (χ2v) is 4.22. The van der Waals surface area contributed by atoms with Gasteiger partial charge in [-0.3, -0.25) is 0 Å². The van der Waals surface area contributed by atoms with Crippen LogP contribution in [0.1, 0.15) is 5.56 Å². The van der Waals surface area contributed by atoms with Crippen LogP contribution in [0.3, 0.4) is 0 Å². The van der Waals surface area contributed by atoms with Gasteiger partial charge in [0.25, 0.3) is 0 Å². The molecule has 0 saturated heterocycles. The molecule has 6 nitrogen and oxygen atoms in total. The van der Waals surface area contributed by atoms with Crippen molar-refractivity contribution in [3.05, 3.63) is 29.3 Å². The first-order chi connectivity index (χ1) is 10.0. The number of nitriles is 1. The number of benzene rings is 1. The van der Waals surface area contributed by atoms with Crippen LogP contribution in [0.15, 0.2) is 23.8 Å². The van der Waals surface area contributed by atoms with Crippen molar-refractivity contribution >= 4 is 29.3 Å². The van der Waals surface area contributed by atoms with Crippen LogP contribution in [-0.2, 0) is 9.53 Å². The van der Waals surface area contributed by atoms with Gasteiger partial charge >= 0.3 is 5.97 Å². The van der Waals surface area contributed by atoms with E-state index in [9.17, 15) is 4.79 Å². The number of esters is 1. The van der Waals surface area contributed by atoms with Gasteiger partial charge in [0.2, 0.25) is 0 Å². The van der Waals surface area contributed by atoms with Crippen molar-refractivity contribution < 1.29 is 19.0 Å². The van der Waals surface area contributed by atoms with Gasteiger partial charge in [-0.2, -0.15) is 5.26 Å². The molecule has 0 bridgehead atoms. The maximum atomic E-state index is 11.2. The summed E-state index contributed by atoms with van der Waals surface area (Å²) in [5.41, 5.74) is 6.10. The van der Waals surface area contributed by atoms with Crippen molar-refractivity contribution in [3.8, 4) is 17.6 Å². The highest BCUT2D eigenvalue weighted by Gasteiger charge is 2.13. The molecule has 0 saturated carbocycles. The Kier molecular flexibility index (Phi) is 6.17. The van der Waals surface area contributed by atoms with Gasteiger partial charge in [-0.1, -0.05) is 24.4 Å². The summed E-state index contributed by atoms with van der Waals surface area (Å²) in [5.74, 6) is 0.174. The van der Waals surface area contributed by atoms with E-state index in [-0.39, 0.29) is 17.2 Å². The van der Waals surface area contributed by atoms with Crippen LogP contribution in [0.25, 0.3) is 6.08 Å². The quantitative estimate of drug-likeness (QED) is 0.368. The van der Waals surface area contributed by atoms with E-state index in [1.54, 1.807) is 18.2 Å². The zero-order valence-electron chi connectivity index (χ0n) is 11.6. The molecule has 0 aromatic heterocycles. The Balaban J connectivity index is 3.23. The molecule has 0 radical (unpaired) electrons. The Morgan fingerprint density at radius 1 is 1.48 bits per heavy atom. The number of ether oxygens (including phenoxy) is 3. The van der Waals surface area contributed by atoms with E-state index in [0.29, 0.717) is 17.1 Å². The standard InChI is InChI=1S/C14H14N2O4S/c1-18-11-5-3-4-9(6-10(7-15)14(16)21)13(11)20-8-12(17)19-2/h3-6H,8H2,1-2H3,(H2,16,21)/b10-6+. The summed E-state index contributed by atoms with van der Waals surface area (Å²) in [6.45, 7) is -0.285. The Morgan fingerprint density at radius 2 is 2.19 bits per heavy atom. The number of para-hydroxylation sites is 1. The molecular formula is C14H14N2O4S. The van der Waals surface area contributed by atoms with Gasteiger partial charge in [-0.15, -0.1) is 0 Å². The van der Waals surface area contributed by atoms with Gasteiger partial charge in [-0.05, 0) is 12.1 Å². The van der Waals surface area contributed by atoms with Crippen molar-refractivity contribution in [2.24, 2.45) is 5.73 Å². The van der Waals surface area contributed by atoms with Crippen LogP contribution in [0.5, 0.6) is 11.5 Å². The molecule has 0 aliphatic heterocycles. The number of thiocarbonyl (C=S) groups is 1. The number of nitrogens with two attached hydrogens (primary N) is 1. The fourth-order valence-corrected chi connectivity index (χ4v) is 1.57. The summed E-state index contributed by atoms with van der Waals surface area (Å²) >= 11 is 4.79. The monoisotopic (exact) mass is 306 g/mol. The molecule has 7 heteroatoms. The van der Waals surface area contributed by atoms with Crippen LogP contribution < -0.4 is 15.2 Å². The fourth-order valence-electron chi connectivity index (χ4n) is 1.47. The number of hydrogen-bond acceptors (Lipinski definition) is 6. The molecule has 0 aliphatic rings.